The number of aromatic nitrogens is 2. The van der Waals surface area contributed by atoms with Gasteiger partial charge in [0, 0.05) is 30.9 Å². The van der Waals surface area contributed by atoms with Crippen molar-refractivity contribution in [1.29, 1.82) is 0 Å². The van der Waals surface area contributed by atoms with Crippen LogP contribution in [0.3, 0.4) is 0 Å². The zero-order chi connectivity index (χ0) is 14.5. The first-order chi connectivity index (χ1) is 9.56. The second-order valence-corrected chi connectivity index (χ2v) is 5.37. The van der Waals surface area contributed by atoms with E-state index in [1.165, 1.54) is 11.6 Å². The highest BCUT2D eigenvalue weighted by atomic mass is 19.1. The van der Waals surface area contributed by atoms with E-state index in [0.29, 0.717) is 6.04 Å². The van der Waals surface area contributed by atoms with Crippen molar-refractivity contribution in [2.75, 3.05) is 0 Å². The molecule has 0 aliphatic carbocycles. The third-order valence-corrected chi connectivity index (χ3v) is 3.56. The van der Waals surface area contributed by atoms with Crippen LogP contribution in [0.5, 0.6) is 0 Å². The van der Waals surface area contributed by atoms with Gasteiger partial charge in [0.25, 0.3) is 0 Å². The molecule has 0 amide bonds. The number of rotatable bonds is 6. The number of hydrogen-bond donors (Lipinski definition) is 1. The average Bonchev–Trinajstić information content (AvgIpc) is 2.84. The molecule has 0 spiro atoms. The Morgan fingerprint density at radius 2 is 2.05 bits per heavy atom. The summed E-state index contributed by atoms with van der Waals surface area (Å²) in [5.74, 6) is -0.111. The van der Waals surface area contributed by atoms with Crippen LogP contribution in [0.25, 0.3) is 0 Å². The molecule has 1 heterocycles. The molecule has 3 nitrogen and oxygen atoms in total. The van der Waals surface area contributed by atoms with Gasteiger partial charge >= 0.3 is 0 Å². The highest BCUT2D eigenvalue weighted by molar-refractivity contribution is 5.17. The highest BCUT2D eigenvalue weighted by Crippen LogP contribution is 2.14. The number of aryl methyl sites for hydroxylation is 2. The fourth-order valence-corrected chi connectivity index (χ4v) is 2.34. The van der Waals surface area contributed by atoms with Crippen LogP contribution in [-0.4, -0.2) is 15.8 Å². The third kappa shape index (κ3) is 3.90. The Morgan fingerprint density at radius 1 is 1.30 bits per heavy atom. The van der Waals surface area contributed by atoms with Crippen molar-refractivity contribution in [3.8, 4) is 0 Å². The van der Waals surface area contributed by atoms with Gasteiger partial charge in [-0.1, -0.05) is 18.2 Å². The Labute approximate surface area is 119 Å². The molecule has 2 rings (SSSR count). The van der Waals surface area contributed by atoms with E-state index < -0.39 is 0 Å². The van der Waals surface area contributed by atoms with Gasteiger partial charge in [0.15, 0.2) is 0 Å². The lowest BCUT2D eigenvalue weighted by Gasteiger charge is -2.19. The first-order valence-electron chi connectivity index (χ1n) is 7.04. The highest BCUT2D eigenvalue weighted by Gasteiger charge is 2.11. The van der Waals surface area contributed by atoms with Gasteiger partial charge in [-0.15, -0.1) is 0 Å². The van der Waals surface area contributed by atoms with E-state index in [0.717, 1.165) is 18.4 Å². The van der Waals surface area contributed by atoms with Gasteiger partial charge in [-0.05, 0) is 38.3 Å². The maximum atomic E-state index is 13.5. The molecule has 0 radical (unpaired) electrons. The van der Waals surface area contributed by atoms with Crippen molar-refractivity contribution in [3.63, 3.8) is 0 Å². The molecule has 0 fully saturated rings. The van der Waals surface area contributed by atoms with Crippen molar-refractivity contribution in [3.05, 3.63) is 53.6 Å². The Kier molecular flexibility index (Phi) is 4.90. The summed E-state index contributed by atoms with van der Waals surface area (Å²) in [6, 6.07) is 7.56. The molecule has 2 atom stereocenters. The maximum absolute atomic E-state index is 13.5. The molecule has 0 bridgehead atoms. The Hall–Kier alpha value is -1.68. The van der Waals surface area contributed by atoms with Crippen molar-refractivity contribution in [2.24, 2.45) is 7.05 Å². The number of benzene rings is 1. The minimum absolute atomic E-state index is 0.111. The second-order valence-electron chi connectivity index (χ2n) is 5.37. The summed E-state index contributed by atoms with van der Waals surface area (Å²) in [6.07, 6.45) is 5.55. The van der Waals surface area contributed by atoms with Gasteiger partial charge in [-0.25, -0.2) is 4.39 Å². The van der Waals surface area contributed by atoms with Crippen LogP contribution in [0, 0.1) is 5.82 Å². The molecular formula is C16H22FN3. The zero-order valence-electron chi connectivity index (χ0n) is 12.3. The van der Waals surface area contributed by atoms with Gasteiger partial charge in [-0.3, -0.25) is 4.68 Å². The van der Waals surface area contributed by atoms with Crippen LogP contribution >= 0.6 is 0 Å². The lowest BCUT2D eigenvalue weighted by molar-refractivity contribution is 0.453. The minimum Gasteiger partial charge on any atom is -0.308 e. The Balaban J connectivity index is 1.83. The van der Waals surface area contributed by atoms with E-state index in [1.54, 1.807) is 10.7 Å². The molecule has 0 saturated carbocycles. The van der Waals surface area contributed by atoms with Crippen LogP contribution in [0.1, 0.15) is 37.4 Å². The monoisotopic (exact) mass is 275 g/mol. The molecule has 0 aliphatic rings. The summed E-state index contributed by atoms with van der Waals surface area (Å²) < 4.78 is 15.3. The maximum Gasteiger partial charge on any atom is 0.126 e. The topological polar surface area (TPSA) is 29.9 Å². The van der Waals surface area contributed by atoms with Gasteiger partial charge in [0.2, 0.25) is 0 Å². The van der Waals surface area contributed by atoms with Crippen LogP contribution in [0.4, 0.5) is 4.39 Å². The van der Waals surface area contributed by atoms with Gasteiger partial charge in [0.05, 0.1) is 6.20 Å². The Morgan fingerprint density at radius 3 is 2.70 bits per heavy atom. The molecule has 2 unspecified atom stereocenters. The molecule has 1 aromatic heterocycles. The summed E-state index contributed by atoms with van der Waals surface area (Å²) in [5, 5.41) is 7.70. The number of halogens is 1. The van der Waals surface area contributed by atoms with E-state index in [2.05, 4.69) is 24.3 Å². The van der Waals surface area contributed by atoms with E-state index in [1.807, 2.05) is 31.6 Å². The lowest BCUT2D eigenvalue weighted by Crippen LogP contribution is -2.29. The quantitative estimate of drug-likeness (QED) is 0.877. The van der Waals surface area contributed by atoms with Crippen LogP contribution in [0.15, 0.2) is 36.7 Å². The minimum atomic E-state index is -0.111. The van der Waals surface area contributed by atoms with Gasteiger partial charge < -0.3 is 5.32 Å². The SMILES string of the molecule is CC(CCc1ccccc1F)NC(C)c1cnn(C)c1. The van der Waals surface area contributed by atoms with Crippen LogP contribution in [-0.2, 0) is 13.5 Å². The number of nitrogens with one attached hydrogen (secondary N) is 1. The van der Waals surface area contributed by atoms with Gasteiger partial charge in [0.1, 0.15) is 5.82 Å². The molecule has 0 aliphatic heterocycles. The van der Waals surface area contributed by atoms with Crippen molar-refractivity contribution >= 4 is 0 Å². The summed E-state index contributed by atoms with van der Waals surface area (Å²) in [7, 11) is 1.91. The molecular weight excluding hydrogens is 253 g/mol. The van der Waals surface area contributed by atoms with E-state index in [-0.39, 0.29) is 11.9 Å². The van der Waals surface area contributed by atoms with Crippen molar-refractivity contribution in [1.82, 2.24) is 15.1 Å². The summed E-state index contributed by atoms with van der Waals surface area (Å²) >= 11 is 0. The molecule has 1 N–H and O–H groups in total. The molecule has 20 heavy (non-hydrogen) atoms. The molecule has 2 aromatic rings. The first kappa shape index (κ1) is 14.7. The van der Waals surface area contributed by atoms with Crippen molar-refractivity contribution in [2.45, 2.75) is 38.8 Å². The molecule has 1 aromatic carbocycles. The zero-order valence-corrected chi connectivity index (χ0v) is 12.3. The molecule has 108 valence electrons. The average molecular weight is 275 g/mol. The Bertz CT molecular complexity index is 550. The first-order valence-corrected chi connectivity index (χ1v) is 7.04. The smallest absolute Gasteiger partial charge is 0.126 e. The summed E-state index contributed by atoms with van der Waals surface area (Å²) in [4.78, 5) is 0. The van der Waals surface area contributed by atoms with Crippen LogP contribution < -0.4 is 5.32 Å². The van der Waals surface area contributed by atoms with Crippen molar-refractivity contribution < 1.29 is 4.39 Å². The van der Waals surface area contributed by atoms with E-state index >= 15 is 0 Å². The fraction of sp³-hybridized carbons (Fsp3) is 0.438. The number of hydrogen-bond acceptors (Lipinski definition) is 2. The van der Waals surface area contributed by atoms with E-state index in [4.69, 9.17) is 0 Å². The second kappa shape index (κ2) is 6.66. The normalized spacial score (nSPS) is 14.2. The predicted molar refractivity (Wildman–Crippen MR) is 78.9 cm³/mol. The standard InChI is InChI=1S/C16H22FN3/c1-12(8-9-14-6-4-5-7-16(14)17)19-13(2)15-10-18-20(3)11-15/h4-7,10-13,19H,8-9H2,1-3H3. The number of nitrogens with zero attached hydrogens (tertiary/aromatic N) is 2. The van der Waals surface area contributed by atoms with E-state index in [9.17, 15) is 4.39 Å². The molecule has 4 heteroatoms. The summed E-state index contributed by atoms with van der Waals surface area (Å²) in [5.41, 5.74) is 1.96. The largest absolute Gasteiger partial charge is 0.308 e. The van der Waals surface area contributed by atoms with Crippen LogP contribution in [0.2, 0.25) is 0 Å². The summed E-state index contributed by atoms with van der Waals surface area (Å²) in [6.45, 7) is 4.25. The third-order valence-electron chi connectivity index (χ3n) is 3.56. The van der Waals surface area contributed by atoms with Gasteiger partial charge in [-0.2, -0.15) is 5.10 Å². The molecule has 0 saturated heterocycles. The fourth-order valence-electron chi connectivity index (χ4n) is 2.34. The predicted octanol–water partition coefficient (Wildman–Crippen LogP) is 3.23. The lowest BCUT2D eigenvalue weighted by atomic mass is 10.0.